The fraction of sp³-hybridized carbons (Fsp3) is 0.375. The summed E-state index contributed by atoms with van der Waals surface area (Å²) in [5.41, 5.74) is 11.1. The summed E-state index contributed by atoms with van der Waals surface area (Å²) >= 11 is 0. The van der Waals surface area contributed by atoms with Gasteiger partial charge in [0.2, 0.25) is 5.91 Å². The molecule has 0 aliphatic rings. The van der Waals surface area contributed by atoms with Crippen molar-refractivity contribution in [1.29, 1.82) is 0 Å². The second-order valence-corrected chi connectivity index (χ2v) is 8.36. The number of benzene rings is 1. The SMILES string of the molecule is Cc1nn(CC(C)C)c(C)c1CC(=O)NNC(=O)c1cc(C)n(-c2ccccc2)c1C. The van der Waals surface area contributed by atoms with E-state index >= 15 is 0 Å². The van der Waals surface area contributed by atoms with E-state index in [1.807, 2.05) is 73.3 Å². The highest BCUT2D eigenvalue weighted by molar-refractivity contribution is 5.97. The van der Waals surface area contributed by atoms with Gasteiger partial charge in [0, 0.05) is 34.9 Å². The van der Waals surface area contributed by atoms with E-state index in [1.54, 1.807) is 0 Å². The monoisotopic (exact) mass is 421 g/mol. The first-order valence-corrected chi connectivity index (χ1v) is 10.6. The Morgan fingerprint density at radius 2 is 1.68 bits per heavy atom. The van der Waals surface area contributed by atoms with Gasteiger partial charge in [-0.2, -0.15) is 5.10 Å². The van der Waals surface area contributed by atoms with Crippen LogP contribution < -0.4 is 10.9 Å². The minimum absolute atomic E-state index is 0.166. The van der Waals surface area contributed by atoms with Gasteiger partial charge >= 0.3 is 0 Å². The van der Waals surface area contributed by atoms with Crippen LogP contribution in [0.2, 0.25) is 0 Å². The summed E-state index contributed by atoms with van der Waals surface area (Å²) in [5, 5.41) is 4.55. The largest absolute Gasteiger partial charge is 0.318 e. The molecule has 31 heavy (non-hydrogen) atoms. The molecule has 0 radical (unpaired) electrons. The lowest BCUT2D eigenvalue weighted by atomic mass is 10.1. The Balaban J connectivity index is 1.67. The number of aryl methyl sites for hydroxylation is 2. The van der Waals surface area contributed by atoms with Crippen LogP contribution in [0.25, 0.3) is 5.69 Å². The van der Waals surface area contributed by atoms with Gasteiger partial charge in [0.15, 0.2) is 0 Å². The average Bonchev–Trinajstić information content (AvgIpc) is 3.16. The maximum atomic E-state index is 12.7. The minimum Gasteiger partial charge on any atom is -0.318 e. The van der Waals surface area contributed by atoms with Crippen molar-refractivity contribution in [2.24, 2.45) is 5.92 Å². The number of hydrogen-bond acceptors (Lipinski definition) is 3. The van der Waals surface area contributed by atoms with E-state index in [0.717, 1.165) is 40.6 Å². The fourth-order valence-corrected chi connectivity index (χ4v) is 3.88. The smallest absolute Gasteiger partial charge is 0.271 e. The Morgan fingerprint density at radius 1 is 1.00 bits per heavy atom. The molecule has 2 N–H and O–H groups in total. The summed E-state index contributed by atoms with van der Waals surface area (Å²) in [5.74, 6) is -0.151. The van der Waals surface area contributed by atoms with Crippen molar-refractivity contribution >= 4 is 11.8 Å². The molecule has 2 amide bonds. The molecule has 164 valence electrons. The molecular formula is C24H31N5O2. The van der Waals surface area contributed by atoms with Crippen LogP contribution in [0.15, 0.2) is 36.4 Å². The zero-order valence-corrected chi connectivity index (χ0v) is 19.1. The lowest BCUT2D eigenvalue weighted by molar-refractivity contribution is -0.121. The van der Waals surface area contributed by atoms with Crippen LogP contribution in [0.1, 0.15) is 52.5 Å². The van der Waals surface area contributed by atoms with Crippen molar-refractivity contribution in [3.8, 4) is 5.69 Å². The van der Waals surface area contributed by atoms with Crippen LogP contribution in [-0.4, -0.2) is 26.2 Å². The van der Waals surface area contributed by atoms with Gasteiger partial charge in [-0.3, -0.25) is 25.1 Å². The van der Waals surface area contributed by atoms with Gasteiger partial charge in [0.25, 0.3) is 5.91 Å². The molecule has 0 unspecified atom stereocenters. The number of hydrazine groups is 1. The standard InChI is InChI=1S/C24H31N5O2/c1-15(2)14-28-18(5)21(17(4)27-28)13-23(30)25-26-24(31)22-12-16(3)29(19(22)6)20-10-8-7-9-11-20/h7-12,15H,13-14H2,1-6H3,(H,25,30)(H,26,31). The first-order chi connectivity index (χ1) is 14.7. The lowest BCUT2D eigenvalue weighted by Gasteiger charge is -2.11. The Morgan fingerprint density at radius 3 is 2.32 bits per heavy atom. The predicted molar refractivity (Wildman–Crippen MR) is 121 cm³/mol. The van der Waals surface area contributed by atoms with Crippen molar-refractivity contribution in [2.75, 3.05) is 0 Å². The normalized spacial score (nSPS) is 11.1. The number of carbonyl (C=O) groups is 2. The van der Waals surface area contributed by atoms with E-state index < -0.39 is 0 Å². The summed E-state index contributed by atoms with van der Waals surface area (Å²) in [6.45, 7) is 12.8. The topological polar surface area (TPSA) is 81.0 Å². The summed E-state index contributed by atoms with van der Waals surface area (Å²) in [6, 6.07) is 11.7. The van der Waals surface area contributed by atoms with Gasteiger partial charge in [0.1, 0.15) is 0 Å². The first kappa shape index (κ1) is 22.3. The summed E-state index contributed by atoms with van der Waals surface area (Å²) in [6.07, 6.45) is 0.166. The van der Waals surface area contributed by atoms with Gasteiger partial charge in [-0.15, -0.1) is 0 Å². The van der Waals surface area contributed by atoms with Gasteiger partial charge < -0.3 is 4.57 Å². The number of nitrogens with one attached hydrogen (secondary N) is 2. The molecule has 2 heterocycles. The number of amides is 2. The highest BCUT2D eigenvalue weighted by Crippen LogP contribution is 2.20. The maximum absolute atomic E-state index is 12.7. The van der Waals surface area contributed by atoms with Crippen LogP contribution in [-0.2, 0) is 17.8 Å². The quantitative estimate of drug-likeness (QED) is 0.597. The summed E-state index contributed by atoms with van der Waals surface area (Å²) in [7, 11) is 0. The molecule has 0 fully saturated rings. The summed E-state index contributed by atoms with van der Waals surface area (Å²) < 4.78 is 3.96. The molecule has 1 aromatic carbocycles. The van der Waals surface area contributed by atoms with Crippen molar-refractivity contribution in [3.63, 3.8) is 0 Å². The third-order valence-corrected chi connectivity index (χ3v) is 5.41. The van der Waals surface area contributed by atoms with E-state index in [4.69, 9.17) is 0 Å². The molecule has 0 saturated heterocycles. The molecule has 3 rings (SSSR count). The third-order valence-electron chi connectivity index (χ3n) is 5.41. The predicted octanol–water partition coefficient (Wildman–Crippen LogP) is 3.57. The molecular weight excluding hydrogens is 390 g/mol. The second-order valence-electron chi connectivity index (χ2n) is 8.36. The van der Waals surface area contributed by atoms with Crippen molar-refractivity contribution < 1.29 is 9.59 Å². The maximum Gasteiger partial charge on any atom is 0.271 e. The number of rotatable bonds is 6. The zero-order chi connectivity index (χ0) is 22.7. The molecule has 0 aliphatic carbocycles. The highest BCUT2D eigenvalue weighted by Gasteiger charge is 2.19. The molecule has 0 bridgehead atoms. The van der Waals surface area contributed by atoms with Crippen molar-refractivity contribution in [3.05, 3.63) is 70.3 Å². The number of nitrogens with zero attached hydrogens (tertiary/aromatic N) is 3. The van der Waals surface area contributed by atoms with Crippen LogP contribution in [0, 0.1) is 33.6 Å². The molecule has 0 spiro atoms. The van der Waals surface area contributed by atoms with Gasteiger partial charge in [-0.1, -0.05) is 32.0 Å². The van der Waals surface area contributed by atoms with E-state index in [2.05, 4.69) is 29.8 Å². The molecule has 3 aromatic rings. The van der Waals surface area contributed by atoms with E-state index in [-0.39, 0.29) is 18.2 Å². The van der Waals surface area contributed by atoms with E-state index in [9.17, 15) is 9.59 Å². The lowest BCUT2D eigenvalue weighted by Crippen LogP contribution is -2.42. The van der Waals surface area contributed by atoms with Gasteiger partial charge in [-0.25, -0.2) is 0 Å². The molecule has 7 nitrogen and oxygen atoms in total. The molecule has 7 heteroatoms. The van der Waals surface area contributed by atoms with Crippen molar-refractivity contribution in [1.82, 2.24) is 25.2 Å². The zero-order valence-electron chi connectivity index (χ0n) is 19.1. The highest BCUT2D eigenvalue weighted by atomic mass is 16.2. The van der Waals surface area contributed by atoms with Crippen LogP contribution in [0.5, 0.6) is 0 Å². The number of carbonyl (C=O) groups excluding carboxylic acids is 2. The van der Waals surface area contributed by atoms with Crippen LogP contribution in [0.3, 0.4) is 0 Å². The van der Waals surface area contributed by atoms with E-state index in [1.165, 1.54) is 0 Å². The Hall–Kier alpha value is -3.35. The Bertz CT molecular complexity index is 1090. The minimum atomic E-state index is -0.340. The molecule has 2 aromatic heterocycles. The average molecular weight is 422 g/mol. The van der Waals surface area contributed by atoms with Gasteiger partial charge in [-0.05, 0) is 51.8 Å². The second kappa shape index (κ2) is 9.20. The van der Waals surface area contributed by atoms with Crippen LogP contribution in [0.4, 0.5) is 0 Å². The summed E-state index contributed by atoms with van der Waals surface area (Å²) in [4.78, 5) is 25.2. The number of aromatic nitrogens is 3. The van der Waals surface area contributed by atoms with Crippen molar-refractivity contribution in [2.45, 2.75) is 54.5 Å². The number of para-hydroxylation sites is 1. The molecule has 0 saturated carbocycles. The van der Waals surface area contributed by atoms with Gasteiger partial charge in [0.05, 0.1) is 17.7 Å². The third kappa shape index (κ3) is 4.87. The Labute approximate surface area is 183 Å². The van der Waals surface area contributed by atoms with E-state index in [0.29, 0.717) is 11.5 Å². The Kier molecular flexibility index (Phi) is 6.63. The molecule has 0 aliphatic heterocycles. The number of hydrogen-bond donors (Lipinski definition) is 2. The molecule has 0 atom stereocenters. The fourth-order valence-electron chi connectivity index (χ4n) is 3.88. The van der Waals surface area contributed by atoms with Crippen LogP contribution >= 0.6 is 0 Å². The first-order valence-electron chi connectivity index (χ1n) is 10.6.